The standard InChI is InChI=1S/C10H10FIO/c1-6(2)7-3-8(10(12)13)5-9(11)4-7/h3-6H,1-2H3. The van der Waals surface area contributed by atoms with Crippen LogP contribution in [-0.4, -0.2) is 3.79 Å². The summed E-state index contributed by atoms with van der Waals surface area (Å²) in [6.07, 6.45) is 0. The fraction of sp³-hybridized carbons (Fsp3) is 0.300. The van der Waals surface area contributed by atoms with E-state index in [1.165, 1.54) is 12.1 Å². The van der Waals surface area contributed by atoms with Crippen LogP contribution in [0.3, 0.4) is 0 Å². The van der Waals surface area contributed by atoms with Crippen molar-refractivity contribution >= 4 is 26.4 Å². The minimum Gasteiger partial charge on any atom is -0.282 e. The second kappa shape index (κ2) is 4.17. The van der Waals surface area contributed by atoms with Crippen LogP contribution in [0.25, 0.3) is 0 Å². The molecule has 1 aromatic rings. The molecule has 1 aromatic carbocycles. The molecule has 0 aromatic heterocycles. The van der Waals surface area contributed by atoms with Gasteiger partial charge < -0.3 is 0 Å². The third-order valence-electron chi connectivity index (χ3n) is 1.81. The molecule has 3 heteroatoms. The Morgan fingerprint density at radius 3 is 2.46 bits per heavy atom. The van der Waals surface area contributed by atoms with E-state index in [1.54, 1.807) is 28.7 Å². The van der Waals surface area contributed by atoms with Crippen LogP contribution in [0.1, 0.15) is 35.7 Å². The summed E-state index contributed by atoms with van der Waals surface area (Å²) in [6.45, 7) is 3.94. The second-order valence-corrected chi connectivity index (χ2v) is 4.18. The van der Waals surface area contributed by atoms with Gasteiger partial charge in [-0.05, 0) is 29.7 Å². The van der Waals surface area contributed by atoms with Crippen molar-refractivity contribution in [1.82, 2.24) is 0 Å². The zero-order valence-electron chi connectivity index (χ0n) is 7.47. The molecule has 0 unspecified atom stereocenters. The molecule has 0 saturated carbocycles. The molecule has 70 valence electrons. The van der Waals surface area contributed by atoms with Gasteiger partial charge in [-0.15, -0.1) is 0 Å². The second-order valence-electron chi connectivity index (χ2n) is 3.20. The molecule has 1 rings (SSSR count). The zero-order chi connectivity index (χ0) is 10.0. The Hall–Kier alpha value is -0.450. The van der Waals surface area contributed by atoms with Crippen LogP contribution in [0.4, 0.5) is 4.39 Å². The van der Waals surface area contributed by atoms with Gasteiger partial charge in [-0.2, -0.15) is 0 Å². The first-order chi connectivity index (χ1) is 6.00. The highest BCUT2D eigenvalue weighted by atomic mass is 127. The molecule has 0 bridgehead atoms. The Labute approximate surface area is 90.5 Å². The lowest BCUT2D eigenvalue weighted by Gasteiger charge is -2.06. The first kappa shape index (κ1) is 10.6. The van der Waals surface area contributed by atoms with Gasteiger partial charge >= 0.3 is 0 Å². The number of hydrogen-bond donors (Lipinski definition) is 0. The number of halogens is 2. The SMILES string of the molecule is CC(C)c1cc(F)cc(C(=O)I)c1. The van der Waals surface area contributed by atoms with E-state index in [-0.39, 0.29) is 15.5 Å². The number of rotatable bonds is 2. The van der Waals surface area contributed by atoms with Gasteiger partial charge in [-0.3, -0.25) is 4.79 Å². The summed E-state index contributed by atoms with van der Waals surface area (Å²) in [5.41, 5.74) is 1.30. The van der Waals surface area contributed by atoms with Crippen molar-refractivity contribution in [2.45, 2.75) is 19.8 Å². The number of hydrogen-bond acceptors (Lipinski definition) is 1. The largest absolute Gasteiger partial charge is 0.282 e. The Morgan fingerprint density at radius 2 is 2.00 bits per heavy atom. The van der Waals surface area contributed by atoms with Crippen molar-refractivity contribution in [3.8, 4) is 0 Å². The summed E-state index contributed by atoms with van der Waals surface area (Å²) in [4.78, 5) is 11.0. The molecule has 0 saturated heterocycles. The molecule has 0 aliphatic rings. The predicted molar refractivity (Wildman–Crippen MR) is 58.8 cm³/mol. The molecule has 0 aliphatic carbocycles. The average molecular weight is 292 g/mol. The van der Waals surface area contributed by atoms with Crippen LogP contribution >= 0.6 is 22.6 Å². The molecule has 0 heterocycles. The summed E-state index contributed by atoms with van der Waals surface area (Å²) in [7, 11) is 0. The maximum atomic E-state index is 13.0. The lowest BCUT2D eigenvalue weighted by molar-refractivity contribution is 0.110. The first-order valence-corrected chi connectivity index (χ1v) is 5.09. The average Bonchev–Trinajstić information content (AvgIpc) is 2.03. The summed E-state index contributed by atoms with van der Waals surface area (Å²) >= 11 is 1.66. The number of carbonyl (C=O) groups is 1. The smallest absolute Gasteiger partial charge is 0.222 e. The molecule has 13 heavy (non-hydrogen) atoms. The number of benzene rings is 1. The number of carbonyl (C=O) groups excluding carboxylic acids is 1. The third-order valence-corrected chi connectivity index (χ3v) is 2.44. The Bertz CT molecular complexity index is 334. The molecular weight excluding hydrogens is 282 g/mol. The van der Waals surface area contributed by atoms with E-state index in [1.807, 2.05) is 13.8 Å². The predicted octanol–water partition coefficient (Wildman–Crippen LogP) is 3.52. The van der Waals surface area contributed by atoms with Gasteiger partial charge in [0.05, 0.1) is 0 Å². The minimum atomic E-state index is -0.341. The Kier molecular flexibility index (Phi) is 3.41. The van der Waals surface area contributed by atoms with Crippen molar-refractivity contribution in [2.24, 2.45) is 0 Å². The lowest BCUT2D eigenvalue weighted by Crippen LogP contribution is -1.95. The molecule has 0 amide bonds. The summed E-state index contributed by atoms with van der Waals surface area (Å²) in [6, 6.07) is 4.47. The zero-order valence-corrected chi connectivity index (χ0v) is 9.63. The van der Waals surface area contributed by atoms with Crippen LogP contribution in [0.2, 0.25) is 0 Å². The van der Waals surface area contributed by atoms with Crippen LogP contribution in [-0.2, 0) is 0 Å². The quantitative estimate of drug-likeness (QED) is 0.602. The van der Waals surface area contributed by atoms with E-state index >= 15 is 0 Å². The minimum absolute atomic E-state index is 0.126. The molecular formula is C10H10FIO. The highest BCUT2D eigenvalue weighted by Crippen LogP contribution is 2.19. The molecule has 0 fully saturated rings. The highest BCUT2D eigenvalue weighted by Gasteiger charge is 2.07. The maximum absolute atomic E-state index is 13.0. The monoisotopic (exact) mass is 292 g/mol. The van der Waals surface area contributed by atoms with Gasteiger partial charge in [0.25, 0.3) is 0 Å². The van der Waals surface area contributed by atoms with Gasteiger partial charge in [0.2, 0.25) is 3.79 Å². The van der Waals surface area contributed by atoms with E-state index in [2.05, 4.69) is 0 Å². The maximum Gasteiger partial charge on any atom is 0.222 e. The van der Waals surface area contributed by atoms with Crippen molar-refractivity contribution in [3.05, 3.63) is 35.1 Å². The third kappa shape index (κ3) is 2.76. The van der Waals surface area contributed by atoms with Gasteiger partial charge in [0.1, 0.15) is 5.82 Å². The van der Waals surface area contributed by atoms with Crippen molar-refractivity contribution < 1.29 is 9.18 Å². The molecule has 0 atom stereocenters. The van der Waals surface area contributed by atoms with Crippen LogP contribution in [0.15, 0.2) is 18.2 Å². The van der Waals surface area contributed by atoms with E-state index in [9.17, 15) is 9.18 Å². The van der Waals surface area contributed by atoms with Crippen LogP contribution in [0, 0.1) is 5.82 Å². The van der Waals surface area contributed by atoms with Gasteiger partial charge in [0, 0.05) is 28.2 Å². The van der Waals surface area contributed by atoms with E-state index in [4.69, 9.17) is 0 Å². The highest BCUT2D eigenvalue weighted by molar-refractivity contribution is 14.1. The molecule has 0 radical (unpaired) electrons. The van der Waals surface area contributed by atoms with E-state index < -0.39 is 0 Å². The van der Waals surface area contributed by atoms with Crippen LogP contribution in [0.5, 0.6) is 0 Å². The van der Waals surface area contributed by atoms with Gasteiger partial charge in [-0.1, -0.05) is 13.8 Å². The Morgan fingerprint density at radius 1 is 1.38 bits per heavy atom. The lowest BCUT2D eigenvalue weighted by atomic mass is 10.0. The van der Waals surface area contributed by atoms with Crippen molar-refractivity contribution in [1.29, 1.82) is 0 Å². The fourth-order valence-electron chi connectivity index (χ4n) is 1.06. The molecule has 0 aliphatic heterocycles. The van der Waals surface area contributed by atoms with Gasteiger partial charge in [-0.25, -0.2) is 4.39 Å². The summed E-state index contributed by atoms with van der Waals surface area (Å²) in [5.74, 6) is -0.101. The van der Waals surface area contributed by atoms with E-state index in [0.29, 0.717) is 5.56 Å². The molecule has 0 spiro atoms. The molecule has 1 nitrogen and oxygen atoms in total. The van der Waals surface area contributed by atoms with Crippen molar-refractivity contribution in [3.63, 3.8) is 0 Å². The first-order valence-electron chi connectivity index (χ1n) is 4.01. The summed E-state index contributed by atoms with van der Waals surface area (Å²) in [5, 5.41) is 0. The van der Waals surface area contributed by atoms with E-state index in [0.717, 1.165) is 5.56 Å². The van der Waals surface area contributed by atoms with Crippen LogP contribution < -0.4 is 0 Å². The topological polar surface area (TPSA) is 17.1 Å². The summed E-state index contributed by atoms with van der Waals surface area (Å²) < 4.78 is 12.9. The fourth-order valence-corrected chi connectivity index (χ4v) is 1.37. The van der Waals surface area contributed by atoms with Crippen molar-refractivity contribution in [2.75, 3.05) is 0 Å². The molecule has 0 N–H and O–H groups in total. The normalized spacial score (nSPS) is 10.5. The Balaban J connectivity index is 3.19. The van der Waals surface area contributed by atoms with Gasteiger partial charge in [0.15, 0.2) is 0 Å².